The first-order valence-electron chi connectivity index (χ1n) is 8.91. The van der Waals surface area contributed by atoms with Crippen LogP contribution < -0.4 is 4.72 Å². The Balaban J connectivity index is 1.73. The van der Waals surface area contributed by atoms with Crippen LogP contribution in [0.3, 0.4) is 0 Å². The zero-order chi connectivity index (χ0) is 20.8. The lowest BCUT2D eigenvalue weighted by Crippen LogP contribution is -2.44. The molecule has 1 heterocycles. The van der Waals surface area contributed by atoms with Gasteiger partial charge in [0.2, 0.25) is 10.0 Å². The Morgan fingerprint density at radius 3 is 2.45 bits per heavy atom. The summed E-state index contributed by atoms with van der Waals surface area (Å²) in [5, 5.41) is 8.97. The van der Waals surface area contributed by atoms with Gasteiger partial charge in [-0.2, -0.15) is 5.26 Å². The highest BCUT2D eigenvalue weighted by Gasteiger charge is 2.36. The van der Waals surface area contributed by atoms with Gasteiger partial charge in [-0.05, 0) is 60.2 Å². The fourth-order valence-electron chi connectivity index (χ4n) is 3.84. The van der Waals surface area contributed by atoms with Gasteiger partial charge in [-0.3, -0.25) is 0 Å². The number of aromatic amines is 1. The van der Waals surface area contributed by atoms with Crippen molar-refractivity contribution in [3.05, 3.63) is 59.4 Å². The number of hydrogen-bond acceptors (Lipinski definition) is 3. The van der Waals surface area contributed by atoms with Crippen LogP contribution in [-0.2, 0) is 10.0 Å². The predicted octanol–water partition coefficient (Wildman–Crippen LogP) is 3.94. The number of nitrogens with one attached hydrogen (secondary N) is 2. The molecule has 29 heavy (non-hydrogen) atoms. The van der Waals surface area contributed by atoms with Crippen LogP contribution in [0.25, 0.3) is 22.2 Å². The highest BCUT2D eigenvalue weighted by molar-refractivity contribution is 7.89. The first kappa shape index (κ1) is 19.5. The molecule has 0 radical (unpaired) electrons. The Morgan fingerprint density at radius 2 is 1.79 bits per heavy atom. The molecule has 0 aliphatic heterocycles. The fourth-order valence-corrected chi connectivity index (χ4v) is 4.79. The van der Waals surface area contributed by atoms with Gasteiger partial charge in [-0.15, -0.1) is 0 Å². The third-order valence-corrected chi connectivity index (χ3v) is 6.35. The molecule has 0 unspecified atom stereocenters. The molecule has 1 aliphatic rings. The zero-order valence-corrected chi connectivity index (χ0v) is 15.9. The molecule has 0 saturated heterocycles. The molecule has 1 fully saturated rings. The van der Waals surface area contributed by atoms with Gasteiger partial charge in [0.05, 0.1) is 17.3 Å². The topological polar surface area (TPSA) is 85.8 Å². The van der Waals surface area contributed by atoms with Crippen LogP contribution in [-0.4, -0.2) is 25.2 Å². The lowest BCUT2D eigenvalue weighted by Gasteiger charge is -2.36. The van der Waals surface area contributed by atoms with E-state index in [0.717, 1.165) is 6.07 Å². The molecule has 2 N–H and O–H groups in total. The molecule has 150 valence electrons. The van der Waals surface area contributed by atoms with E-state index in [0.29, 0.717) is 35.0 Å². The van der Waals surface area contributed by atoms with Gasteiger partial charge < -0.3 is 4.98 Å². The summed E-state index contributed by atoms with van der Waals surface area (Å²) >= 11 is 0. The number of sulfonamides is 1. The van der Waals surface area contributed by atoms with Crippen LogP contribution in [0.4, 0.5) is 13.2 Å². The third-order valence-electron chi connectivity index (χ3n) is 5.14. The van der Waals surface area contributed by atoms with Gasteiger partial charge in [-0.25, -0.2) is 26.3 Å². The van der Waals surface area contributed by atoms with Crippen LogP contribution in [0.2, 0.25) is 0 Å². The number of H-pyrrole nitrogens is 1. The van der Waals surface area contributed by atoms with Gasteiger partial charge in [0.25, 0.3) is 0 Å². The van der Waals surface area contributed by atoms with E-state index in [4.69, 9.17) is 5.26 Å². The Hall–Kier alpha value is -2.83. The van der Waals surface area contributed by atoms with Crippen molar-refractivity contribution in [1.29, 1.82) is 5.26 Å². The summed E-state index contributed by atoms with van der Waals surface area (Å²) in [7, 11) is -3.69. The summed E-state index contributed by atoms with van der Waals surface area (Å²) in [5.41, 5.74) is 1.98. The van der Waals surface area contributed by atoms with Crippen molar-refractivity contribution in [3.8, 4) is 17.3 Å². The number of nitriles is 1. The van der Waals surface area contributed by atoms with Gasteiger partial charge in [0, 0.05) is 17.5 Å². The largest absolute Gasteiger partial charge is 0.352 e. The van der Waals surface area contributed by atoms with Crippen molar-refractivity contribution < 1.29 is 21.6 Å². The number of hydrogen-bond donors (Lipinski definition) is 2. The minimum absolute atomic E-state index is 0.147. The van der Waals surface area contributed by atoms with E-state index in [1.807, 2.05) is 0 Å². The molecular weight excluding hydrogens is 403 g/mol. The molecular formula is C20H16F3N3O2S. The molecule has 0 bridgehead atoms. The number of nitrogens with zero attached hydrogens (tertiary/aromatic N) is 1. The van der Waals surface area contributed by atoms with E-state index >= 15 is 0 Å². The average molecular weight is 419 g/mol. The van der Waals surface area contributed by atoms with Gasteiger partial charge >= 0.3 is 0 Å². The van der Waals surface area contributed by atoms with E-state index in [1.165, 1.54) is 18.2 Å². The van der Waals surface area contributed by atoms with Crippen LogP contribution in [0.15, 0.2) is 36.4 Å². The fraction of sp³-hybridized carbons (Fsp3) is 0.250. The van der Waals surface area contributed by atoms with Crippen LogP contribution >= 0.6 is 0 Å². The first-order valence-corrected chi connectivity index (χ1v) is 10.6. The quantitative estimate of drug-likeness (QED) is 0.657. The van der Waals surface area contributed by atoms with Crippen molar-refractivity contribution in [2.75, 3.05) is 5.75 Å². The maximum Gasteiger partial charge on any atom is 0.225 e. The lowest BCUT2D eigenvalue weighted by atomic mass is 9.74. The second-order valence-corrected chi connectivity index (χ2v) is 8.88. The van der Waals surface area contributed by atoms with Crippen LogP contribution in [0.1, 0.15) is 24.3 Å². The second-order valence-electron chi connectivity index (χ2n) is 7.13. The monoisotopic (exact) mass is 419 g/mol. The minimum Gasteiger partial charge on any atom is -0.352 e. The summed E-state index contributed by atoms with van der Waals surface area (Å²) in [4.78, 5) is 2.98. The van der Waals surface area contributed by atoms with Gasteiger partial charge in [-0.1, -0.05) is 0 Å². The molecule has 9 heteroatoms. The number of benzene rings is 2. The van der Waals surface area contributed by atoms with Crippen molar-refractivity contribution in [1.82, 2.24) is 9.71 Å². The number of aromatic nitrogens is 1. The molecule has 1 saturated carbocycles. The molecule has 1 aliphatic carbocycles. The maximum absolute atomic E-state index is 14.3. The van der Waals surface area contributed by atoms with Gasteiger partial charge in [0.1, 0.15) is 17.5 Å². The Kier molecular flexibility index (Phi) is 4.84. The van der Waals surface area contributed by atoms with Crippen molar-refractivity contribution in [2.45, 2.75) is 24.8 Å². The van der Waals surface area contributed by atoms with Crippen molar-refractivity contribution in [2.24, 2.45) is 0 Å². The standard InChI is InChI=1S/C20H16F3N3O2S/c21-13-3-1-11(2-4-13)19-18(16-9-14(22)10-17(23)20(16)25-19)12-7-15(8-12)26-29(27,28)6-5-24/h1-4,9-10,12,15,25-26H,6-8H2/t12-,15+. The average Bonchev–Trinajstić information content (AvgIpc) is 2.97. The smallest absolute Gasteiger partial charge is 0.225 e. The normalized spacial score (nSPS) is 19.1. The zero-order valence-electron chi connectivity index (χ0n) is 15.0. The maximum atomic E-state index is 14.3. The highest BCUT2D eigenvalue weighted by atomic mass is 32.2. The summed E-state index contributed by atoms with van der Waals surface area (Å²) in [6.45, 7) is 0. The first-order chi connectivity index (χ1) is 13.8. The molecule has 2 aromatic carbocycles. The summed E-state index contributed by atoms with van der Waals surface area (Å²) in [5.74, 6) is -2.65. The van der Waals surface area contributed by atoms with Crippen LogP contribution in [0.5, 0.6) is 0 Å². The van der Waals surface area contributed by atoms with E-state index in [-0.39, 0.29) is 17.5 Å². The van der Waals surface area contributed by atoms with E-state index in [2.05, 4.69) is 9.71 Å². The predicted molar refractivity (Wildman–Crippen MR) is 102 cm³/mol. The molecule has 3 aromatic rings. The Bertz CT molecular complexity index is 1220. The number of rotatable bonds is 5. The number of fused-ring (bicyclic) bond motifs is 1. The van der Waals surface area contributed by atoms with Gasteiger partial charge in [0.15, 0.2) is 5.75 Å². The molecule has 1 aromatic heterocycles. The number of halogens is 3. The molecule has 5 nitrogen and oxygen atoms in total. The molecule has 0 amide bonds. The van der Waals surface area contributed by atoms with E-state index in [9.17, 15) is 21.6 Å². The highest BCUT2D eigenvalue weighted by Crippen LogP contribution is 2.45. The summed E-state index contributed by atoms with van der Waals surface area (Å²) in [6.07, 6.45) is 0.841. The minimum atomic E-state index is -3.69. The van der Waals surface area contributed by atoms with Crippen molar-refractivity contribution in [3.63, 3.8) is 0 Å². The van der Waals surface area contributed by atoms with E-state index in [1.54, 1.807) is 18.2 Å². The third kappa shape index (κ3) is 3.73. The lowest BCUT2D eigenvalue weighted by molar-refractivity contribution is 0.328. The molecule has 0 spiro atoms. The second kappa shape index (κ2) is 7.21. The van der Waals surface area contributed by atoms with Crippen molar-refractivity contribution >= 4 is 20.9 Å². The SMILES string of the molecule is N#CCS(=O)(=O)N[C@H]1C[C@@H](c2c(-c3ccc(F)cc3)[nH]c3c(F)cc(F)cc32)C1. The van der Waals surface area contributed by atoms with E-state index < -0.39 is 33.2 Å². The Morgan fingerprint density at radius 1 is 1.10 bits per heavy atom. The summed E-state index contributed by atoms with van der Waals surface area (Å²) < 4.78 is 67.6. The Labute approximate surface area is 165 Å². The summed E-state index contributed by atoms with van der Waals surface area (Å²) in [6, 6.07) is 8.92. The van der Waals surface area contributed by atoms with Crippen LogP contribution in [0, 0.1) is 28.8 Å². The molecule has 0 atom stereocenters. The molecule has 4 rings (SSSR count).